The van der Waals surface area contributed by atoms with Gasteiger partial charge in [0.05, 0.1) is 27.8 Å². The van der Waals surface area contributed by atoms with Gasteiger partial charge >= 0.3 is 5.69 Å². The number of aromatic amines is 2. The molecule has 32 heavy (non-hydrogen) atoms. The molecule has 5 aromatic rings. The molecule has 0 aliphatic heterocycles. The Hall–Kier alpha value is -3.97. The highest BCUT2D eigenvalue weighted by atomic mass is 32.1. The second-order valence-electron chi connectivity index (χ2n) is 7.81. The number of para-hydroxylation sites is 1. The lowest BCUT2D eigenvalue weighted by Gasteiger charge is -2.13. The minimum atomic E-state index is -0.272. The lowest BCUT2D eigenvalue weighted by atomic mass is 10.00. The van der Waals surface area contributed by atoms with Crippen molar-refractivity contribution in [3.8, 4) is 0 Å². The molecule has 0 bridgehead atoms. The Morgan fingerprint density at radius 2 is 1.91 bits per heavy atom. The summed E-state index contributed by atoms with van der Waals surface area (Å²) in [6, 6.07) is 17.2. The highest BCUT2D eigenvalue weighted by molar-refractivity contribution is 7.10. The van der Waals surface area contributed by atoms with E-state index in [1.54, 1.807) is 29.5 Å². The number of nitrogens with one attached hydrogen (secondary N) is 3. The summed E-state index contributed by atoms with van der Waals surface area (Å²) in [6.07, 6.45) is 3.81. The van der Waals surface area contributed by atoms with Crippen LogP contribution in [-0.4, -0.2) is 20.9 Å². The number of amides is 1. The van der Waals surface area contributed by atoms with E-state index in [1.807, 2.05) is 30.3 Å². The van der Waals surface area contributed by atoms with E-state index in [2.05, 4.69) is 32.8 Å². The maximum absolute atomic E-state index is 13.5. The Labute approximate surface area is 186 Å². The van der Waals surface area contributed by atoms with Crippen LogP contribution in [0.4, 0.5) is 5.69 Å². The molecule has 0 spiro atoms. The van der Waals surface area contributed by atoms with E-state index in [1.165, 1.54) is 4.88 Å². The van der Waals surface area contributed by atoms with Gasteiger partial charge in [0.2, 0.25) is 0 Å². The Bertz CT molecular complexity index is 1590. The molecule has 6 rings (SSSR count). The number of thiophene rings is 1. The number of allylic oxidation sites excluding steroid dienone is 1. The topological polar surface area (TPSA) is 90.6 Å². The maximum Gasteiger partial charge on any atom is 0.323 e. The minimum Gasteiger partial charge on any atom is -0.322 e. The standard InChI is InChI=1S/C25H18N4O2S/c30-24(26-15-8-10-20-21(13-15)29-25(31)28-20)22-17-5-1-2-6-19(17)27-23-14(7-9-18(22)23)12-16-4-3-11-32-16/h1-6,8,10-13H,7,9H2,(H,26,30)(H2,28,29,31)/b14-12+. The van der Waals surface area contributed by atoms with Crippen LogP contribution in [0.1, 0.15) is 32.9 Å². The average Bonchev–Trinajstić information content (AvgIpc) is 3.52. The van der Waals surface area contributed by atoms with E-state index in [0.717, 1.165) is 40.6 Å². The first-order valence-corrected chi connectivity index (χ1v) is 11.2. The third kappa shape index (κ3) is 3.14. The number of carbonyl (C=O) groups excluding carboxylic acids is 1. The number of H-pyrrole nitrogens is 2. The first kappa shape index (κ1) is 18.8. The molecule has 1 aliphatic rings. The second-order valence-corrected chi connectivity index (χ2v) is 8.79. The molecule has 0 atom stereocenters. The van der Waals surface area contributed by atoms with E-state index in [4.69, 9.17) is 4.98 Å². The van der Waals surface area contributed by atoms with Crippen LogP contribution in [0.2, 0.25) is 0 Å². The Balaban J connectivity index is 1.46. The molecule has 0 saturated carbocycles. The van der Waals surface area contributed by atoms with Crippen molar-refractivity contribution in [2.24, 2.45) is 0 Å². The number of carbonyl (C=O) groups is 1. The van der Waals surface area contributed by atoms with Gasteiger partial charge in [-0.3, -0.25) is 4.79 Å². The Morgan fingerprint density at radius 3 is 2.78 bits per heavy atom. The number of pyridine rings is 1. The first-order chi connectivity index (χ1) is 15.7. The maximum atomic E-state index is 13.5. The van der Waals surface area contributed by atoms with Crippen LogP contribution in [0.25, 0.3) is 33.6 Å². The number of imidazole rings is 1. The number of hydrogen-bond acceptors (Lipinski definition) is 4. The summed E-state index contributed by atoms with van der Waals surface area (Å²) in [4.78, 5) is 36.6. The molecular formula is C25H18N4O2S. The minimum absolute atomic E-state index is 0.172. The van der Waals surface area contributed by atoms with E-state index < -0.39 is 0 Å². The van der Waals surface area contributed by atoms with Crippen molar-refractivity contribution in [1.82, 2.24) is 15.0 Å². The summed E-state index contributed by atoms with van der Waals surface area (Å²) >= 11 is 1.69. The van der Waals surface area contributed by atoms with Crippen LogP contribution < -0.4 is 11.0 Å². The van der Waals surface area contributed by atoms with Crippen molar-refractivity contribution in [2.75, 3.05) is 5.32 Å². The molecule has 1 amide bonds. The van der Waals surface area contributed by atoms with Crippen molar-refractivity contribution < 1.29 is 4.79 Å². The molecule has 0 radical (unpaired) electrons. The van der Waals surface area contributed by atoms with Gasteiger partial charge in [0.25, 0.3) is 5.91 Å². The quantitative estimate of drug-likeness (QED) is 0.361. The summed E-state index contributed by atoms with van der Waals surface area (Å²) in [7, 11) is 0. The fraction of sp³-hybridized carbons (Fsp3) is 0.0800. The summed E-state index contributed by atoms with van der Waals surface area (Å²) in [5.41, 5.74) is 6.24. The fourth-order valence-electron chi connectivity index (χ4n) is 4.39. The molecule has 156 valence electrons. The lowest BCUT2D eigenvalue weighted by Crippen LogP contribution is -2.15. The molecule has 3 N–H and O–H groups in total. The Kier molecular flexibility index (Phi) is 4.29. The van der Waals surface area contributed by atoms with E-state index in [9.17, 15) is 9.59 Å². The largest absolute Gasteiger partial charge is 0.323 e. The van der Waals surface area contributed by atoms with Crippen molar-refractivity contribution in [3.63, 3.8) is 0 Å². The summed E-state index contributed by atoms with van der Waals surface area (Å²) < 4.78 is 0. The molecule has 0 unspecified atom stereocenters. The zero-order valence-corrected chi connectivity index (χ0v) is 17.8. The third-order valence-electron chi connectivity index (χ3n) is 5.80. The molecular weight excluding hydrogens is 420 g/mol. The van der Waals surface area contributed by atoms with E-state index >= 15 is 0 Å². The van der Waals surface area contributed by atoms with Crippen LogP contribution in [0.5, 0.6) is 0 Å². The van der Waals surface area contributed by atoms with Gasteiger partial charge in [-0.05, 0) is 65.8 Å². The molecule has 6 nitrogen and oxygen atoms in total. The molecule has 3 aromatic heterocycles. The van der Waals surface area contributed by atoms with E-state index in [0.29, 0.717) is 22.3 Å². The fourth-order valence-corrected chi connectivity index (χ4v) is 5.07. The van der Waals surface area contributed by atoms with Crippen LogP contribution in [0, 0.1) is 0 Å². The van der Waals surface area contributed by atoms with Crippen LogP contribution in [0.15, 0.2) is 64.8 Å². The van der Waals surface area contributed by atoms with Gasteiger partial charge in [-0.1, -0.05) is 24.3 Å². The lowest BCUT2D eigenvalue weighted by molar-refractivity contribution is 0.102. The number of fused-ring (bicyclic) bond motifs is 3. The van der Waals surface area contributed by atoms with Gasteiger partial charge in [-0.2, -0.15) is 0 Å². The summed E-state index contributed by atoms with van der Waals surface area (Å²) in [6.45, 7) is 0. The monoisotopic (exact) mass is 438 g/mol. The summed E-state index contributed by atoms with van der Waals surface area (Å²) in [5, 5.41) is 5.93. The highest BCUT2D eigenvalue weighted by Gasteiger charge is 2.27. The van der Waals surface area contributed by atoms with E-state index in [-0.39, 0.29) is 11.6 Å². The molecule has 3 heterocycles. The smallest absolute Gasteiger partial charge is 0.322 e. The van der Waals surface area contributed by atoms with Gasteiger partial charge in [0.15, 0.2) is 0 Å². The number of benzene rings is 2. The van der Waals surface area contributed by atoms with Crippen molar-refractivity contribution in [3.05, 3.63) is 92.2 Å². The van der Waals surface area contributed by atoms with Gasteiger partial charge in [-0.25, -0.2) is 9.78 Å². The van der Waals surface area contributed by atoms with Gasteiger partial charge in [0, 0.05) is 16.0 Å². The molecule has 1 aliphatic carbocycles. The van der Waals surface area contributed by atoms with Crippen molar-refractivity contribution in [2.45, 2.75) is 12.8 Å². The number of anilines is 1. The highest BCUT2D eigenvalue weighted by Crippen LogP contribution is 2.38. The number of rotatable bonds is 3. The number of nitrogens with zero attached hydrogens (tertiary/aromatic N) is 1. The molecule has 0 fully saturated rings. The summed E-state index contributed by atoms with van der Waals surface area (Å²) in [5.74, 6) is -0.172. The molecule has 7 heteroatoms. The number of aromatic nitrogens is 3. The van der Waals surface area contributed by atoms with Gasteiger partial charge in [0.1, 0.15) is 0 Å². The van der Waals surface area contributed by atoms with Crippen LogP contribution in [-0.2, 0) is 6.42 Å². The second kappa shape index (κ2) is 7.32. The van der Waals surface area contributed by atoms with Gasteiger partial charge in [-0.15, -0.1) is 11.3 Å². The SMILES string of the molecule is O=C(Nc1ccc2[nH]c(=O)[nH]c2c1)c1c2c(nc3ccccc13)/C(=C/c1cccs1)CC2. The predicted octanol–water partition coefficient (Wildman–Crippen LogP) is 5.21. The third-order valence-corrected chi connectivity index (χ3v) is 6.62. The number of hydrogen-bond donors (Lipinski definition) is 3. The normalized spacial score (nSPS) is 14.3. The average molecular weight is 439 g/mol. The van der Waals surface area contributed by atoms with Crippen molar-refractivity contribution >= 4 is 56.5 Å². The predicted molar refractivity (Wildman–Crippen MR) is 129 cm³/mol. The van der Waals surface area contributed by atoms with Crippen molar-refractivity contribution in [1.29, 1.82) is 0 Å². The zero-order chi connectivity index (χ0) is 21.7. The van der Waals surface area contributed by atoms with Crippen LogP contribution >= 0.6 is 11.3 Å². The van der Waals surface area contributed by atoms with Gasteiger partial charge < -0.3 is 15.3 Å². The Morgan fingerprint density at radius 1 is 1.03 bits per heavy atom. The van der Waals surface area contributed by atoms with Crippen LogP contribution in [0.3, 0.4) is 0 Å². The molecule has 2 aromatic carbocycles. The zero-order valence-electron chi connectivity index (χ0n) is 16.9. The molecule has 0 saturated heterocycles. The first-order valence-electron chi connectivity index (χ1n) is 10.4.